The molecule has 1 saturated heterocycles. The Morgan fingerprint density at radius 1 is 1.38 bits per heavy atom. The van der Waals surface area contributed by atoms with Crippen LogP contribution in [-0.4, -0.2) is 42.3 Å². The summed E-state index contributed by atoms with van der Waals surface area (Å²) < 4.78 is 5.47. The van der Waals surface area contributed by atoms with Crippen molar-refractivity contribution in [3.63, 3.8) is 0 Å². The molecule has 0 bridgehead atoms. The van der Waals surface area contributed by atoms with E-state index >= 15 is 0 Å². The van der Waals surface area contributed by atoms with E-state index in [9.17, 15) is 5.11 Å². The molecule has 1 unspecified atom stereocenters. The van der Waals surface area contributed by atoms with Gasteiger partial charge in [-0.3, -0.25) is 4.90 Å². The third-order valence-electron chi connectivity index (χ3n) is 3.91. The van der Waals surface area contributed by atoms with Crippen molar-refractivity contribution in [2.45, 2.75) is 45.7 Å². The Labute approximate surface area is 128 Å². The fraction of sp³-hybridized carbons (Fsp3) is 0.647. The van der Waals surface area contributed by atoms with Gasteiger partial charge in [-0.25, -0.2) is 0 Å². The Kier molecular flexibility index (Phi) is 6.33. The van der Waals surface area contributed by atoms with Gasteiger partial charge in [0.2, 0.25) is 0 Å². The first-order valence-corrected chi connectivity index (χ1v) is 8.13. The van der Waals surface area contributed by atoms with Crippen LogP contribution in [0.5, 0.6) is 11.5 Å². The zero-order chi connectivity index (χ0) is 15.1. The predicted octanol–water partition coefficient (Wildman–Crippen LogP) is 2.75. The number of nitrogens with one attached hydrogen (secondary N) is 1. The molecule has 2 N–H and O–H groups in total. The molecule has 0 amide bonds. The van der Waals surface area contributed by atoms with Gasteiger partial charge >= 0.3 is 0 Å². The molecule has 118 valence electrons. The first-order valence-electron chi connectivity index (χ1n) is 8.13. The summed E-state index contributed by atoms with van der Waals surface area (Å²) in [7, 11) is 0. The van der Waals surface area contributed by atoms with Crippen LogP contribution in [0.1, 0.15) is 38.7 Å². The van der Waals surface area contributed by atoms with Gasteiger partial charge in [-0.15, -0.1) is 0 Å². The van der Waals surface area contributed by atoms with Crippen molar-refractivity contribution in [1.29, 1.82) is 0 Å². The van der Waals surface area contributed by atoms with Crippen molar-refractivity contribution in [1.82, 2.24) is 10.2 Å². The maximum atomic E-state index is 9.78. The zero-order valence-corrected chi connectivity index (χ0v) is 13.3. The van der Waals surface area contributed by atoms with Gasteiger partial charge in [0.1, 0.15) is 0 Å². The molecule has 1 aliphatic heterocycles. The van der Waals surface area contributed by atoms with E-state index in [-0.39, 0.29) is 5.75 Å². The monoisotopic (exact) mass is 292 g/mol. The Morgan fingerprint density at radius 3 is 2.90 bits per heavy atom. The maximum absolute atomic E-state index is 9.78. The Morgan fingerprint density at radius 2 is 2.24 bits per heavy atom. The van der Waals surface area contributed by atoms with Crippen molar-refractivity contribution in [2.24, 2.45) is 0 Å². The van der Waals surface area contributed by atoms with Gasteiger partial charge in [-0.1, -0.05) is 13.0 Å². The van der Waals surface area contributed by atoms with Crippen molar-refractivity contribution < 1.29 is 9.84 Å². The smallest absolute Gasteiger partial charge is 0.161 e. The molecule has 21 heavy (non-hydrogen) atoms. The highest BCUT2D eigenvalue weighted by Crippen LogP contribution is 2.27. The average Bonchev–Trinajstić information content (AvgIpc) is 2.96. The van der Waals surface area contributed by atoms with Gasteiger partial charge in [-0.05, 0) is 57.0 Å². The summed E-state index contributed by atoms with van der Waals surface area (Å²) in [6.07, 6.45) is 3.72. The van der Waals surface area contributed by atoms with Gasteiger partial charge in [-0.2, -0.15) is 0 Å². The molecule has 1 aliphatic rings. The van der Waals surface area contributed by atoms with E-state index < -0.39 is 0 Å². The van der Waals surface area contributed by atoms with Crippen LogP contribution < -0.4 is 10.1 Å². The second-order valence-corrected chi connectivity index (χ2v) is 5.76. The lowest BCUT2D eigenvalue weighted by atomic mass is 10.1. The van der Waals surface area contributed by atoms with Crippen molar-refractivity contribution >= 4 is 0 Å². The average molecular weight is 292 g/mol. The van der Waals surface area contributed by atoms with Crippen LogP contribution in [0.4, 0.5) is 0 Å². The van der Waals surface area contributed by atoms with Crippen LogP contribution in [0.2, 0.25) is 0 Å². The predicted molar refractivity (Wildman–Crippen MR) is 85.9 cm³/mol. The number of hydrogen-bond acceptors (Lipinski definition) is 4. The summed E-state index contributed by atoms with van der Waals surface area (Å²) in [6, 6.07) is 6.31. The van der Waals surface area contributed by atoms with Gasteiger partial charge < -0.3 is 15.2 Å². The second-order valence-electron chi connectivity index (χ2n) is 5.76. The summed E-state index contributed by atoms with van der Waals surface area (Å²) >= 11 is 0. The molecule has 0 radical (unpaired) electrons. The van der Waals surface area contributed by atoms with Gasteiger partial charge in [0.25, 0.3) is 0 Å². The van der Waals surface area contributed by atoms with Crippen LogP contribution in [0.25, 0.3) is 0 Å². The number of nitrogens with zero attached hydrogens (tertiary/aromatic N) is 1. The van der Waals surface area contributed by atoms with Gasteiger partial charge in [0, 0.05) is 19.1 Å². The molecule has 1 heterocycles. The molecule has 0 aliphatic carbocycles. The van der Waals surface area contributed by atoms with Crippen molar-refractivity contribution in [3.05, 3.63) is 23.8 Å². The summed E-state index contributed by atoms with van der Waals surface area (Å²) in [5, 5.41) is 13.4. The van der Waals surface area contributed by atoms with E-state index in [2.05, 4.69) is 17.1 Å². The number of ether oxygens (including phenoxy) is 1. The lowest BCUT2D eigenvalue weighted by molar-refractivity contribution is 0.241. The molecule has 0 spiro atoms. The SMILES string of the molecule is CCCN(Cc1ccc(O)c(OCC)c1)CC1CCCN1. The standard InChI is InChI=1S/C17H28N2O2/c1-3-10-19(13-15-6-5-9-18-15)12-14-7-8-16(20)17(11-14)21-4-2/h7-8,11,15,18,20H,3-6,9-10,12-13H2,1-2H3. The first-order chi connectivity index (χ1) is 10.2. The van der Waals surface area contributed by atoms with Crippen LogP contribution >= 0.6 is 0 Å². The fourth-order valence-electron chi connectivity index (χ4n) is 2.96. The topological polar surface area (TPSA) is 44.7 Å². The molecule has 1 aromatic rings. The number of aromatic hydroxyl groups is 1. The zero-order valence-electron chi connectivity index (χ0n) is 13.3. The van der Waals surface area contributed by atoms with E-state index in [1.54, 1.807) is 6.07 Å². The minimum atomic E-state index is 0.222. The van der Waals surface area contributed by atoms with E-state index in [1.165, 1.54) is 18.4 Å². The third-order valence-corrected chi connectivity index (χ3v) is 3.91. The van der Waals surface area contributed by atoms with Crippen LogP contribution in [0, 0.1) is 0 Å². The molecule has 1 atom stereocenters. The number of hydrogen-bond donors (Lipinski definition) is 2. The molecule has 4 nitrogen and oxygen atoms in total. The van der Waals surface area contributed by atoms with E-state index in [1.807, 2.05) is 19.1 Å². The van der Waals surface area contributed by atoms with Crippen LogP contribution in [0.3, 0.4) is 0 Å². The molecular formula is C17H28N2O2. The van der Waals surface area contributed by atoms with E-state index in [4.69, 9.17) is 4.74 Å². The fourth-order valence-corrected chi connectivity index (χ4v) is 2.96. The second kappa shape index (κ2) is 8.25. The molecule has 0 aromatic heterocycles. The molecule has 2 rings (SSSR count). The van der Waals surface area contributed by atoms with E-state index in [0.29, 0.717) is 18.4 Å². The van der Waals surface area contributed by atoms with Crippen molar-refractivity contribution in [3.8, 4) is 11.5 Å². The summed E-state index contributed by atoms with van der Waals surface area (Å²) in [5.74, 6) is 0.811. The quantitative estimate of drug-likeness (QED) is 0.773. The minimum Gasteiger partial charge on any atom is -0.504 e. The van der Waals surface area contributed by atoms with Crippen molar-refractivity contribution in [2.75, 3.05) is 26.2 Å². The highest BCUT2D eigenvalue weighted by Gasteiger charge is 2.18. The lowest BCUT2D eigenvalue weighted by Crippen LogP contribution is -2.37. The number of phenols is 1. The largest absolute Gasteiger partial charge is 0.504 e. The van der Waals surface area contributed by atoms with Gasteiger partial charge in [0.05, 0.1) is 6.61 Å². The first kappa shape index (κ1) is 16.1. The minimum absolute atomic E-state index is 0.222. The highest BCUT2D eigenvalue weighted by atomic mass is 16.5. The summed E-state index contributed by atoms with van der Waals surface area (Å²) in [6.45, 7) is 8.98. The Balaban J connectivity index is 1.99. The van der Waals surface area contributed by atoms with Crippen LogP contribution in [0.15, 0.2) is 18.2 Å². The van der Waals surface area contributed by atoms with E-state index in [0.717, 1.165) is 32.6 Å². The third kappa shape index (κ3) is 4.90. The number of rotatable bonds is 8. The maximum Gasteiger partial charge on any atom is 0.161 e. The van der Waals surface area contributed by atoms with Gasteiger partial charge in [0.15, 0.2) is 11.5 Å². The molecule has 1 fully saturated rings. The molecule has 0 saturated carbocycles. The summed E-state index contributed by atoms with van der Waals surface area (Å²) in [5.41, 5.74) is 1.20. The Hall–Kier alpha value is -1.26. The summed E-state index contributed by atoms with van der Waals surface area (Å²) in [4.78, 5) is 2.49. The highest BCUT2D eigenvalue weighted by molar-refractivity contribution is 5.41. The van der Waals surface area contributed by atoms with Crippen LogP contribution in [-0.2, 0) is 6.54 Å². The Bertz CT molecular complexity index is 431. The molecule has 4 heteroatoms. The normalized spacial score (nSPS) is 18.3. The molecular weight excluding hydrogens is 264 g/mol. The number of benzene rings is 1. The lowest BCUT2D eigenvalue weighted by Gasteiger charge is -2.25. The molecule has 1 aromatic carbocycles. The number of phenolic OH excluding ortho intramolecular Hbond substituents is 1.